The fourth-order valence-corrected chi connectivity index (χ4v) is 2.99. The van der Waals surface area contributed by atoms with Crippen molar-refractivity contribution in [1.29, 1.82) is 0 Å². The van der Waals surface area contributed by atoms with Gasteiger partial charge >= 0.3 is 0 Å². The minimum absolute atomic E-state index is 0. The van der Waals surface area contributed by atoms with E-state index in [0.717, 1.165) is 30.6 Å². The Bertz CT molecular complexity index is 843. The number of ether oxygens (including phenoxy) is 2. The summed E-state index contributed by atoms with van der Waals surface area (Å²) in [6.07, 6.45) is 0.321. The molecule has 0 spiro atoms. The molecule has 0 aromatic heterocycles. The van der Waals surface area contributed by atoms with Crippen molar-refractivity contribution < 1.29 is 14.6 Å². The molecule has 0 saturated carbocycles. The van der Waals surface area contributed by atoms with Crippen molar-refractivity contribution >= 4 is 12.4 Å². The third kappa shape index (κ3) is 7.09. The molecule has 0 fully saturated rings. The van der Waals surface area contributed by atoms with E-state index in [4.69, 9.17) is 9.47 Å². The Morgan fingerprint density at radius 3 is 2.24 bits per heavy atom. The maximum atomic E-state index is 10.3. The number of aliphatic hydroxyl groups excluding tert-OH is 1. The number of halogens is 1. The Morgan fingerprint density at radius 2 is 1.55 bits per heavy atom. The van der Waals surface area contributed by atoms with E-state index in [-0.39, 0.29) is 19.0 Å². The summed E-state index contributed by atoms with van der Waals surface area (Å²) in [5.41, 5.74) is 3.29. The number of nitrogens with one attached hydrogen (secondary N) is 1. The molecule has 0 heterocycles. The van der Waals surface area contributed by atoms with Crippen molar-refractivity contribution in [3.8, 4) is 11.5 Å². The predicted molar refractivity (Wildman–Crippen MR) is 119 cm³/mol. The SMILES string of the molecule is COc1cc(CNCCc2ccccc2)ccc1OCC(O)c1ccccc1.Cl. The van der Waals surface area contributed by atoms with E-state index in [1.54, 1.807) is 7.11 Å². The molecule has 29 heavy (non-hydrogen) atoms. The number of hydrogen-bond acceptors (Lipinski definition) is 4. The zero-order valence-corrected chi connectivity index (χ0v) is 17.4. The van der Waals surface area contributed by atoms with Gasteiger partial charge in [-0.2, -0.15) is 0 Å². The summed E-state index contributed by atoms with van der Waals surface area (Å²) in [6, 6.07) is 25.8. The zero-order chi connectivity index (χ0) is 19.6. The predicted octanol–water partition coefficient (Wildman–Crippen LogP) is 4.56. The van der Waals surface area contributed by atoms with Crippen LogP contribution in [0.2, 0.25) is 0 Å². The van der Waals surface area contributed by atoms with Crippen molar-refractivity contribution in [2.24, 2.45) is 0 Å². The zero-order valence-electron chi connectivity index (χ0n) is 16.6. The lowest BCUT2D eigenvalue weighted by atomic mass is 10.1. The molecule has 2 N–H and O–H groups in total. The van der Waals surface area contributed by atoms with Crippen LogP contribution in [0.3, 0.4) is 0 Å². The second-order valence-corrected chi connectivity index (χ2v) is 6.64. The molecule has 0 amide bonds. The van der Waals surface area contributed by atoms with Crippen LogP contribution in [0.4, 0.5) is 0 Å². The van der Waals surface area contributed by atoms with Gasteiger partial charge in [0, 0.05) is 6.54 Å². The van der Waals surface area contributed by atoms with Crippen LogP contribution in [-0.2, 0) is 13.0 Å². The summed E-state index contributed by atoms with van der Waals surface area (Å²) in [5, 5.41) is 13.7. The van der Waals surface area contributed by atoms with Gasteiger partial charge in [-0.05, 0) is 41.8 Å². The molecule has 1 unspecified atom stereocenters. The van der Waals surface area contributed by atoms with Gasteiger partial charge < -0.3 is 19.9 Å². The normalized spacial score (nSPS) is 11.4. The highest BCUT2D eigenvalue weighted by Gasteiger charge is 2.11. The average Bonchev–Trinajstić information content (AvgIpc) is 2.76. The van der Waals surface area contributed by atoms with Gasteiger partial charge in [0.05, 0.1) is 7.11 Å². The molecular weight excluding hydrogens is 386 g/mol. The first-order valence-corrected chi connectivity index (χ1v) is 9.53. The van der Waals surface area contributed by atoms with E-state index in [9.17, 15) is 5.11 Å². The van der Waals surface area contributed by atoms with Crippen molar-refractivity contribution in [2.45, 2.75) is 19.1 Å². The maximum Gasteiger partial charge on any atom is 0.161 e. The first-order chi connectivity index (χ1) is 13.8. The first kappa shape index (κ1) is 22.8. The summed E-state index contributed by atoms with van der Waals surface area (Å²) in [4.78, 5) is 0. The van der Waals surface area contributed by atoms with Crippen LogP contribution in [0.1, 0.15) is 22.8 Å². The summed E-state index contributed by atoms with van der Waals surface area (Å²) in [6.45, 7) is 1.85. The quantitative estimate of drug-likeness (QED) is 0.478. The van der Waals surface area contributed by atoms with Crippen LogP contribution in [0.15, 0.2) is 78.9 Å². The van der Waals surface area contributed by atoms with Gasteiger partial charge in [-0.25, -0.2) is 0 Å². The highest BCUT2D eigenvalue weighted by atomic mass is 35.5. The van der Waals surface area contributed by atoms with Crippen LogP contribution in [0.5, 0.6) is 11.5 Å². The molecule has 0 radical (unpaired) electrons. The molecule has 0 saturated heterocycles. The summed E-state index contributed by atoms with van der Waals surface area (Å²) in [7, 11) is 1.63. The number of rotatable bonds is 10. The van der Waals surface area contributed by atoms with Crippen LogP contribution >= 0.6 is 12.4 Å². The van der Waals surface area contributed by atoms with Crippen molar-refractivity contribution in [3.05, 3.63) is 95.6 Å². The van der Waals surface area contributed by atoms with Crippen molar-refractivity contribution in [1.82, 2.24) is 5.32 Å². The molecule has 3 aromatic rings. The van der Waals surface area contributed by atoms with E-state index in [2.05, 4.69) is 29.6 Å². The topological polar surface area (TPSA) is 50.7 Å². The Morgan fingerprint density at radius 1 is 0.862 bits per heavy atom. The Kier molecular flexibility index (Phi) is 9.51. The molecule has 0 bridgehead atoms. The van der Waals surface area contributed by atoms with Crippen molar-refractivity contribution in [3.63, 3.8) is 0 Å². The molecule has 4 nitrogen and oxygen atoms in total. The lowest BCUT2D eigenvalue weighted by Gasteiger charge is -2.15. The molecule has 154 valence electrons. The second kappa shape index (κ2) is 12.1. The summed E-state index contributed by atoms with van der Waals surface area (Å²) in [5.74, 6) is 1.30. The molecular formula is C24H28ClNO3. The molecule has 0 aliphatic heterocycles. The Balaban J connectivity index is 0.00000300. The van der Waals surface area contributed by atoms with Crippen molar-refractivity contribution in [2.75, 3.05) is 20.3 Å². The number of aliphatic hydroxyl groups is 1. The monoisotopic (exact) mass is 413 g/mol. The van der Waals surface area contributed by atoms with Gasteiger partial charge in [0.15, 0.2) is 11.5 Å². The van der Waals surface area contributed by atoms with Gasteiger partial charge in [-0.3, -0.25) is 0 Å². The highest BCUT2D eigenvalue weighted by molar-refractivity contribution is 5.85. The summed E-state index contributed by atoms with van der Waals surface area (Å²) >= 11 is 0. The Labute approximate surface area is 178 Å². The smallest absolute Gasteiger partial charge is 0.161 e. The first-order valence-electron chi connectivity index (χ1n) is 9.53. The van der Waals surface area contributed by atoms with Crippen LogP contribution in [0, 0.1) is 0 Å². The van der Waals surface area contributed by atoms with Gasteiger partial charge in [0.2, 0.25) is 0 Å². The molecule has 5 heteroatoms. The lowest BCUT2D eigenvalue weighted by Crippen LogP contribution is -2.16. The van der Waals surface area contributed by atoms with E-state index in [0.29, 0.717) is 11.5 Å². The fraction of sp³-hybridized carbons (Fsp3) is 0.250. The minimum Gasteiger partial charge on any atom is -0.493 e. The standard InChI is InChI=1S/C24H27NO3.ClH/c1-27-24-16-20(17-25-15-14-19-8-4-2-5-9-19)12-13-23(24)28-18-22(26)21-10-6-3-7-11-21;/h2-13,16,22,25-26H,14-15,17-18H2,1H3;1H. The van der Waals surface area contributed by atoms with Crippen LogP contribution in [-0.4, -0.2) is 25.4 Å². The fourth-order valence-electron chi connectivity index (χ4n) is 2.99. The number of hydrogen-bond donors (Lipinski definition) is 2. The molecule has 0 aliphatic rings. The van der Waals surface area contributed by atoms with Crippen LogP contribution in [0.25, 0.3) is 0 Å². The van der Waals surface area contributed by atoms with Gasteiger partial charge in [-0.1, -0.05) is 66.7 Å². The largest absolute Gasteiger partial charge is 0.493 e. The van der Waals surface area contributed by atoms with E-state index in [1.807, 2.05) is 54.6 Å². The average molecular weight is 414 g/mol. The molecule has 3 rings (SSSR count). The third-order valence-electron chi connectivity index (χ3n) is 4.57. The lowest BCUT2D eigenvalue weighted by molar-refractivity contribution is 0.106. The summed E-state index contributed by atoms with van der Waals surface area (Å²) < 4.78 is 11.3. The van der Waals surface area contributed by atoms with Gasteiger partial charge in [-0.15, -0.1) is 12.4 Å². The van der Waals surface area contributed by atoms with Crippen LogP contribution < -0.4 is 14.8 Å². The maximum absolute atomic E-state index is 10.3. The van der Waals surface area contributed by atoms with Gasteiger partial charge in [0.1, 0.15) is 12.7 Å². The number of methoxy groups -OCH3 is 1. The molecule has 1 atom stereocenters. The van der Waals surface area contributed by atoms with E-state index in [1.165, 1.54) is 5.56 Å². The highest BCUT2D eigenvalue weighted by Crippen LogP contribution is 2.29. The van der Waals surface area contributed by atoms with Gasteiger partial charge in [0.25, 0.3) is 0 Å². The number of benzene rings is 3. The van der Waals surface area contributed by atoms with E-state index >= 15 is 0 Å². The van der Waals surface area contributed by atoms with E-state index < -0.39 is 6.10 Å². The molecule has 0 aliphatic carbocycles. The Hall–Kier alpha value is -2.53. The second-order valence-electron chi connectivity index (χ2n) is 6.64. The molecule has 3 aromatic carbocycles. The third-order valence-corrected chi connectivity index (χ3v) is 4.57. The minimum atomic E-state index is -0.676.